The van der Waals surface area contributed by atoms with Gasteiger partial charge in [0.2, 0.25) is 0 Å². The summed E-state index contributed by atoms with van der Waals surface area (Å²) in [7, 11) is 0. The Morgan fingerprint density at radius 3 is 2.73 bits per heavy atom. The van der Waals surface area contributed by atoms with E-state index in [1.54, 1.807) is 6.92 Å². The molecule has 0 aromatic rings. The van der Waals surface area contributed by atoms with E-state index in [1.165, 1.54) is 0 Å². The summed E-state index contributed by atoms with van der Waals surface area (Å²) in [4.78, 5) is 0. The van der Waals surface area contributed by atoms with Crippen LogP contribution in [0, 0.1) is 12.3 Å². The molecule has 3 heteroatoms. The van der Waals surface area contributed by atoms with Gasteiger partial charge in [-0.05, 0) is 6.92 Å². The second-order valence-electron chi connectivity index (χ2n) is 2.28. The molecule has 2 N–H and O–H groups in total. The van der Waals surface area contributed by atoms with Crippen LogP contribution in [-0.4, -0.2) is 35.6 Å². The van der Waals surface area contributed by atoms with Gasteiger partial charge in [0, 0.05) is 6.42 Å². The van der Waals surface area contributed by atoms with Crippen LogP contribution in [0.15, 0.2) is 0 Å². The number of aliphatic hydroxyl groups excluding tert-OH is 2. The predicted octanol–water partition coefficient (Wildman–Crippen LogP) is -0.232. The molecule has 0 heterocycles. The summed E-state index contributed by atoms with van der Waals surface area (Å²) in [5.41, 5.74) is 0. The quantitative estimate of drug-likeness (QED) is 0.543. The van der Waals surface area contributed by atoms with E-state index in [2.05, 4.69) is 5.92 Å². The number of aliphatic hydroxyl groups is 2. The summed E-state index contributed by atoms with van der Waals surface area (Å²) in [5.74, 6) is 2.33. The molecule has 0 bridgehead atoms. The maximum atomic E-state index is 9.20. The monoisotopic (exact) mass is 158 g/mol. The highest BCUT2D eigenvalue weighted by Gasteiger charge is 2.12. The van der Waals surface area contributed by atoms with Crippen LogP contribution in [0.4, 0.5) is 0 Å². The molecule has 0 amide bonds. The van der Waals surface area contributed by atoms with Gasteiger partial charge in [-0.15, -0.1) is 12.3 Å². The molecule has 0 aliphatic heterocycles. The molecule has 0 aliphatic rings. The Hall–Kier alpha value is -0.560. The molecule has 3 nitrogen and oxygen atoms in total. The van der Waals surface area contributed by atoms with E-state index in [-0.39, 0.29) is 25.7 Å². The van der Waals surface area contributed by atoms with Crippen molar-refractivity contribution in [2.24, 2.45) is 0 Å². The van der Waals surface area contributed by atoms with Crippen LogP contribution in [-0.2, 0) is 4.74 Å². The van der Waals surface area contributed by atoms with E-state index < -0.39 is 6.10 Å². The van der Waals surface area contributed by atoms with Crippen molar-refractivity contribution in [3.63, 3.8) is 0 Å². The highest BCUT2D eigenvalue weighted by Crippen LogP contribution is 2.01. The Balaban J connectivity index is 3.48. The molecule has 0 radical (unpaired) electrons. The Kier molecular flexibility index (Phi) is 5.86. The molecule has 11 heavy (non-hydrogen) atoms. The van der Waals surface area contributed by atoms with Gasteiger partial charge in [-0.25, -0.2) is 0 Å². The van der Waals surface area contributed by atoms with Crippen molar-refractivity contribution in [3.8, 4) is 12.3 Å². The third-order valence-electron chi connectivity index (χ3n) is 1.34. The molecule has 0 aromatic heterocycles. The molecule has 0 fully saturated rings. The van der Waals surface area contributed by atoms with Crippen molar-refractivity contribution in [1.29, 1.82) is 0 Å². The van der Waals surface area contributed by atoms with Gasteiger partial charge in [0.15, 0.2) is 0 Å². The molecule has 64 valence electrons. The van der Waals surface area contributed by atoms with Gasteiger partial charge in [-0.1, -0.05) is 0 Å². The fraction of sp³-hybridized carbons (Fsp3) is 0.750. The second kappa shape index (κ2) is 6.17. The van der Waals surface area contributed by atoms with Crippen LogP contribution in [0.2, 0.25) is 0 Å². The Labute approximate surface area is 67.0 Å². The molecule has 0 rings (SSSR count). The maximum absolute atomic E-state index is 9.20. The van der Waals surface area contributed by atoms with Crippen molar-refractivity contribution in [1.82, 2.24) is 0 Å². The molecule has 0 aliphatic carbocycles. The van der Waals surface area contributed by atoms with Crippen LogP contribution >= 0.6 is 0 Å². The molecule has 0 spiro atoms. The summed E-state index contributed by atoms with van der Waals surface area (Å²) in [6.07, 6.45) is 4.33. The highest BCUT2D eigenvalue weighted by molar-refractivity contribution is 4.88. The van der Waals surface area contributed by atoms with Crippen molar-refractivity contribution in [3.05, 3.63) is 0 Å². The first kappa shape index (κ1) is 10.4. The van der Waals surface area contributed by atoms with Gasteiger partial charge in [0.05, 0.1) is 25.4 Å². The lowest BCUT2D eigenvalue weighted by Crippen LogP contribution is -2.26. The van der Waals surface area contributed by atoms with E-state index in [1.807, 2.05) is 0 Å². The number of hydrogen-bond acceptors (Lipinski definition) is 3. The van der Waals surface area contributed by atoms with Gasteiger partial charge in [0.25, 0.3) is 0 Å². The minimum absolute atomic E-state index is 0.0346. The standard InChI is InChI=1S/C8H14O3/c1-3-4-8(10)7(2)11-6-5-9/h1,7-10H,4-6H2,2H3. The van der Waals surface area contributed by atoms with Gasteiger partial charge in [-0.2, -0.15) is 0 Å². The summed E-state index contributed by atoms with van der Waals surface area (Å²) in [5, 5.41) is 17.6. The minimum Gasteiger partial charge on any atom is -0.394 e. The lowest BCUT2D eigenvalue weighted by molar-refractivity contribution is -0.0349. The topological polar surface area (TPSA) is 49.7 Å². The largest absolute Gasteiger partial charge is 0.394 e. The first-order chi connectivity index (χ1) is 5.22. The van der Waals surface area contributed by atoms with Crippen LogP contribution in [0.1, 0.15) is 13.3 Å². The van der Waals surface area contributed by atoms with E-state index in [0.29, 0.717) is 0 Å². The van der Waals surface area contributed by atoms with Gasteiger partial charge in [-0.3, -0.25) is 0 Å². The number of hydrogen-bond donors (Lipinski definition) is 2. The zero-order valence-corrected chi connectivity index (χ0v) is 6.66. The summed E-state index contributed by atoms with van der Waals surface area (Å²) < 4.78 is 5.01. The average Bonchev–Trinajstić information content (AvgIpc) is 2.00. The zero-order valence-electron chi connectivity index (χ0n) is 6.66. The van der Waals surface area contributed by atoms with Crippen molar-refractivity contribution >= 4 is 0 Å². The normalized spacial score (nSPS) is 15.5. The zero-order chi connectivity index (χ0) is 8.69. The fourth-order valence-electron chi connectivity index (χ4n) is 0.636. The average molecular weight is 158 g/mol. The van der Waals surface area contributed by atoms with E-state index in [4.69, 9.17) is 16.3 Å². The Morgan fingerprint density at radius 2 is 2.27 bits per heavy atom. The number of ether oxygens (including phenoxy) is 1. The Morgan fingerprint density at radius 1 is 1.64 bits per heavy atom. The lowest BCUT2D eigenvalue weighted by atomic mass is 10.2. The van der Waals surface area contributed by atoms with Gasteiger partial charge >= 0.3 is 0 Å². The van der Waals surface area contributed by atoms with Crippen molar-refractivity contribution < 1.29 is 14.9 Å². The minimum atomic E-state index is -0.633. The molecular formula is C8H14O3. The van der Waals surface area contributed by atoms with E-state index >= 15 is 0 Å². The van der Waals surface area contributed by atoms with Crippen LogP contribution in [0.5, 0.6) is 0 Å². The predicted molar refractivity (Wildman–Crippen MR) is 42.0 cm³/mol. The maximum Gasteiger partial charge on any atom is 0.0907 e. The third-order valence-corrected chi connectivity index (χ3v) is 1.34. The summed E-state index contributed by atoms with van der Waals surface area (Å²) >= 11 is 0. The molecular weight excluding hydrogens is 144 g/mol. The first-order valence-corrected chi connectivity index (χ1v) is 3.56. The molecule has 2 unspecified atom stereocenters. The fourth-order valence-corrected chi connectivity index (χ4v) is 0.636. The third kappa shape index (κ3) is 4.79. The molecule has 0 aromatic carbocycles. The SMILES string of the molecule is C#CCC(O)C(C)OCCO. The van der Waals surface area contributed by atoms with E-state index in [0.717, 1.165) is 0 Å². The summed E-state index contributed by atoms with van der Waals surface area (Å²) in [6, 6.07) is 0. The van der Waals surface area contributed by atoms with Crippen molar-refractivity contribution in [2.45, 2.75) is 25.6 Å². The number of rotatable bonds is 5. The van der Waals surface area contributed by atoms with Crippen LogP contribution in [0.3, 0.4) is 0 Å². The molecule has 2 atom stereocenters. The first-order valence-electron chi connectivity index (χ1n) is 3.56. The number of terminal acetylenes is 1. The lowest BCUT2D eigenvalue weighted by Gasteiger charge is -2.16. The van der Waals surface area contributed by atoms with Gasteiger partial charge < -0.3 is 14.9 Å². The molecule has 0 saturated carbocycles. The smallest absolute Gasteiger partial charge is 0.0907 e. The Bertz CT molecular complexity index is 128. The summed E-state index contributed by atoms with van der Waals surface area (Å²) in [6.45, 7) is 1.92. The second-order valence-corrected chi connectivity index (χ2v) is 2.28. The van der Waals surface area contributed by atoms with Crippen LogP contribution < -0.4 is 0 Å². The van der Waals surface area contributed by atoms with Crippen LogP contribution in [0.25, 0.3) is 0 Å². The van der Waals surface area contributed by atoms with E-state index in [9.17, 15) is 5.11 Å². The van der Waals surface area contributed by atoms with Crippen molar-refractivity contribution in [2.75, 3.05) is 13.2 Å². The molecule has 0 saturated heterocycles. The van der Waals surface area contributed by atoms with Gasteiger partial charge in [0.1, 0.15) is 0 Å². The highest BCUT2D eigenvalue weighted by atomic mass is 16.5.